The van der Waals surface area contributed by atoms with Crippen molar-refractivity contribution < 1.29 is 18.3 Å². The molecule has 11 heteroatoms. The fourth-order valence-electron chi connectivity index (χ4n) is 2.15. The van der Waals surface area contributed by atoms with E-state index in [2.05, 4.69) is 15.4 Å². The van der Waals surface area contributed by atoms with Crippen LogP contribution in [-0.2, 0) is 6.18 Å². The average Bonchev–Trinajstić information content (AvgIpc) is 2.59. The first kappa shape index (κ1) is 20.5. The largest absolute Gasteiger partial charge is 0.417 e. The molecule has 0 saturated heterocycles. The third-order valence-electron chi connectivity index (χ3n) is 3.63. The van der Waals surface area contributed by atoms with Crippen molar-refractivity contribution in [2.75, 3.05) is 18.2 Å². The molecule has 142 valence electrons. The number of aliphatic hydroxyl groups excluding tert-OH is 1. The van der Waals surface area contributed by atoms with Gasteiger partial charge in [0.25, 0.3) is 5.56 Å². The molecule has 2 heterocycles. The first-order valence-corrected chi connectivity index (χ1v) is 9.07. The SMILES string of the molecule is CSC(CO)C(C)Nc1cnn(-c2ccc(C(F)(F)F)cn2)c(=O)c1Cl. The standard InChI is InChI=1S/C15H16ClF3N4O2S/c1-8(11(7-24)26-2)22-10-6-21-23(14(25)13(10)16)12-4-3-9(5-20-12)15(17,18)19/h3-6,8,11,22,24H,7H2,1-2H3. The van der Waals surface area contributed by atoms with Crippen molar-refractivity contribution in [2.45, 2.75) is 24.4 Å². The highest BCUT2D eigenvalue weighted by atomic mass is 35.5. The van der Waals surface area contributed by atoms with E-state index in [9.17, 15) is 23.1 Å². The number of aromatic nitrogens is 3. The monoisotopic (exact) mass is 408 g/mol. The second kappa shape index (κ2) is 8.28. The van der Waals surface area contributed by atoms with Gasteiger partial charge in [-0.05, 0) is 25.3 Å². The van der Waals surface area contributed by atoms with Crippen LogP contribution in [0.2, 0.25) is 5.02 Å². The Morgan fingerprint density at radius 3 is 2.58 bits per heavy atom. The minimum absolute atomic E-state index is 0.0626. The highest BCUT2D eigenvalue weighted by molar-refractivity contribution is 7.99. The second-order valence-electron chi connectivity index (χ2n) is 5.38. The molecule has 2 aromatic rings. The number of halogens is 4. The number of nitrogens with one attached hydrogen (secondary N) is 1. The first-order chi connectivity index (χ1) is 12.2. The van der Waals surface area contributed by atoms with Crippen LogP contribution >= 0.6 is 23.4 Å². The lowest BCUT2D eigenvalue weighted by Gasteiger charge is -2.22. The van der Waals surface area contributed by atoms with Gasteiger partial charge in [-0.2, -0.15) is 34.7 Å². The summed E-state index contributed by atoms with van der Waals surface area (Å²) in [6, 6.07) is 1.65. The van der Waals surface area contributed by atoms with Gasteiger partial charge in [0.15, 0.2) is 5.82 Å². The van der Waals surface area contributed by atoms with Crippen LogP contribution in [0.1, 0.15) is 12.5 Å². The molecule has 2 aromatic heterocycles. The van der Waals surface area contributed by atoms with Gasteiger partial charge in [-0.3, -0.25) is 4.79 Å². The Labute approximate surface area is 156 Å². The molecule has 2 unspecified atom stereocenters. The summed E-state index contributed by atoms with van der Waals surface area (Å²) < 4.78 is 38.6. The summed E-state index contributed by atoms with van der Waals surface area (Å²) >= 11 is 7.52. The average molecular weight is 409 g/mol. The summed E-state index contributed by atoms with van der Waals surface area (Å²) in [5.74, 6) is -0.0816. The molecule has 0 spiro atoms. The van der Waals surface area contributed by atoms with Gasteiger partial charge in [-0.15, -0.1) is 0 Å². The summed E-state index contributed by atoms with van der Waals surface area (Å²) in [6.07, 6.45) is -0.774. The highest BCUT2D eigenvalue weighted by Crippen LogP contribution is 2.28. The molecule has 0 radical (unpaired) electrons. The van der Waals surface area contributed by atoms with Crippen molar-refractivity contribution >= 4 is 29.1 Å². The molecular weight excluding hydrogens is 393 g/mol. The van der Waals surface area contributed by atoms with Gasteiger partial charge < -0.3 is 10.4 Å². The molecule has 2 rings (SSSR count). The normalized spacial score (nSPS) is 14.1. The van der Waals surface area contributed by atoms with Crippen molar-refractivity contribution in [2.24, 2.45) is 0 Å². The van der Waals surface area contributed by atoms with Gasteiger partial charge in [0.2, 0.25) is 0 Å². The lowest BCUT2D eigenvalue weighted by molar-refractivity contribution is -0.137. The van der Waals surface area contributed by atoms with Crippen molar-refractivity contribution in [3.63, 3.8) is 0 Å². The van der Waals surface area contributed by atoms with E-state index in [-0.39, 0.29) is 34.4 Å². The summed E-state index contributed by atoms with van der Waals surface area (Å²) in [5, 5.41) is 15.9. The highest BCUT2D eigenvalue weighted by Gasteiger charge is 2.30. The number of anilines is 1. The van der Waals surface area contributed by atoms with E-state index in [0.29, 0.717) is 6.20 Å². The van der Waals surface area contributed by atoms with Crippen molar-refractivity contribution in [1.82, 2.24) is 14.8 Å². The minimum Gasteiger partial charge on any atom is -0.395 e. The van der Waals surface area contributed by atoms with Crippen LogP contribution in [0.5, 0.6) is 0 Å². The number of pyridine rings is 1. The maximum Gasteiger partial charge on any atom is 0.417 e. The zero-order valence-corrected chi connectivity index (χ0v) is 15.4. The fraction of sp³-hybridized carbons (Fsp3) is 0.400. The molecule has 2 atom stereocenters. The fourth-order valence-corrected chi connectivity index (χ4v) is 2.96. The van der Waals surface area contributed by atoms with Gasteiger partial charge in [-0.1, -0.05) is 11.6 Å². The predicted molar refractivity (Wildman–Crippen MR) is 95.1 cm³/mol. The molecule has 0 amide bonds. The van der Waals surface area contributed by atoms with Crippen molar-refractivity contribution in [1.29, 1.82) is 0 Å². The number of alkyl halides is 3. The van der Waals surface area contributed by atoms with Crippen molar-refractivity contribution in [3.8, 4) is 5.82 Å². The Bertz CT molecular complexity index is 810. The molecule has 6 nitrogen and oxygen atoms in total. The maximum atomic E-state index is 12.6. The Morgan fingerprint density at radius 2 is 2.08 bits per heavy atom. The number of hydrogen-bond acceptors (Lipinski definition) is 6. The van der Waals surface area contributed by atoms with Gasteiger partial charge in [-0.25, -0.2) is 4.98 Å². The van der Waals surface area contributed by atoms with Crippen LogP contribution in [0.25, 0.3) is 5.82 Å². The Kier molecular flexibility index (Phi) is 6.53. The molecule has 0 aliphatic carbocycles. The van der Waals surface area contributed by atoms with E-state index in [1.807, 2.05) is 13.2 Å². The Hall–Kier alpha value is -1.78. The summed E-state index contributed by atoms with van der Waals surface area (Å²) in [5.41, 5.74) is -1.39. The van der Waals surface area contributed by atoms with Crippen LogP contribution in [0, 0.1) is 0 Å². The van der Waals surface area contributed by atoms with Crippen molar-refractivity contribution in [3.05, 3.63) is 45.5 Å². The summed E-state index contributed by atoms with van der Waals surface area (Å²) in [4.78, 5) is 16.0. The van der Waals surface area contributed by atoms with E-state index in [1.165, 1.54) is 18.0 Å². The van der Waals surface area contributed by atoms with Crippen LogP contribution in [0.4, 0.5) is 18.9 Å². The molecular formula is C15H16ClF3N4O2S. The van der Waals surface area contributed by atoms with Crippen LogP contribution in [0.3, 0.4) is 0 Å². The molecule has 26 heavy (non-hydrogen) atoms. The zero-order valence-electron chi connectivity index (χ0n) is 13.8. The Balaban J connectivity index is 2.31. The van der Waals surface area contributed by atoms with Crippen LogP contribution < -0.4 is 10.9 Å². The van der Waals surface area contributed by atoms with E-state index in [0.717, 1.165) is 16.8 Å². The minimum atomic E-state index is -4.52. The molecule has 2 N–H and O–H groups in total. The molecule has 0 bridgehead atoms. The van der Waals surface area contributed by atoms with Gasteiger partial charge in [0, 0.05) is 17.5 Å². The number of hydrogen-bond donors (Lipinski definition) is 2. The van der Waals surface area contributed by atoms with E-state index >= 15 is 0 Å². The van der Waals surface area contributed by atoms with Gasteiger partial charge >= 0.3 is 6.18 Å². The third-order valence-corrected chi connectivity index (χ3v) is 5.16. The quantitative estimate of drug-likeness (QED) is 0.765. The molecule has 0 aromatic carbocycles. The molecule has 0 saturated carbocycles. The van der Waals surface area contributed by atoms with E-state index in [4.69, 9.17) is 11.6 Å². The number of rotatable bonds is 6. The Morgan fingerprint density at radius 1 is 1.38 bits per heavy atom. The first-order valence-electron chi connectivity index (χ1n) is 7.40. The molecule has 0 aliphatic rings. The maximum absolute atomic E-state index is 12.6. The number of aliphatic hydroxyl groups is 1. The smallest absolute Gasteiger partial charge is 0.395 e. The lowest BCUT2D eigenvalue weighted by atomic mass is 10.2. The van der Waals surface area contributed by atoms with E-state index in [1.54, 1.807) is 0 Å². The second-order valence-corrected chi connectivity index (χ2v) is 6.84. The predicted octanol–water partition coefficient (Wildman–Crippen LogP) is 2.82. The third kappa shape index (κ3) is 4.49. The molecule has 0 aliphatic heterocycles. The zero-order chi connectivity index (χ0) is 19.5. The van der Waals surface area contributed by atoms with Crippen LogP contribution in [-0.4, -0.2) is 44.0 Å². The van der Waals surface area contributed by atoms with Gasteiger partial charge in [0.1, 0.15) is 5.02 Å². The molecule has 0 fully saturated rings. The van der Waals surface area contributed by atoms with E-state index < -0.39 is 17.3 Å². The van der Waals surface area contributed by atoms with Gasteiger partial charge in [0.05, 0.1) is 24.1 Å². The summed E-state index contributed by atoms with van der Waals surface area (Å²) in [7, 11) is 0. The summed E-state index contributed by atoms with van der Waals surface area (Å²) in [6.45, 7) is 1.75. The number of thioether (sulfide) groups is 1. The van der Waals surface area contributed by atoms with Crippen LogP contribution in [0.15, 0.2) is 29.3 Å². The topological polar surface area (TPSA) is 80.0 Å². The lowest BCUT2D eigenvalue weighted by Crippen LogP contribution is -2.32. The number of nitrogens with zero attached hydrogens (tertiary/aromatic N) is 3.